The van der Waals surface area contributed by atoms with E-state index in [1.165, 1.54) is 24.0 Å². The van der Waals surface area contributed by atoms with Gasteiger partial charge in [0.2, 0.25) is 0 Å². The van der Waals surface area contributed by atoms with Crippen LogP contribution in [0, 0.1) is 0 Å². The van der Waals surface area contributed by atoms with Crippen molar-refractivity contribution in [3.05, 3.63) is 41.2 Å². The second-order valence-corrected chi connectivity index (χ2v) is 5.86. The molecule has 1 aromatic heterocycles. The Morgan fingerprint density at radius 1 is 1.15 bits per heavy atom. The first kappa shape index (κ1) is 12.0. The fourth-order valence-corrected chi connectivity index (χ4v) is 3.02. The fourth-order valence-electron chi connectivity index (χ4n) is 3.02. The van der Waals surface area contributed by atoms with Crippen molar-refractivity contribution in [3.8, 4) is 0 Å². The molecular weight excluding hydrogens is 250 g/mol. The summed E-state index contributed by atoms with van der Waals surface area (Å²) in [7, 11) is 0. The van der Waals surface area contributed by atoms with Gasteiger partial charge in [-0.1, -0.05) is 24.3 Å². The lowest BCUT2D eigenvalue weighted by atomic mass is 9.88. The second kappa shape index (κ2) is 4.98. The molecule has 1 N–H and O–H groups in total. The van der Waals surface area contributed by atoms with Crippen molar-refractivity contribution in [2.75, 3.05) is 0 Å². The summed E-state index contributed by atoms with van der Waals surface area (Å²) in [6.07, 6.45) is 5.86. The molecule has 0 aliphatic heterocycles. The zero-order valence-electron chi connectivity index (χ0n) is 11.5. The maximum Gasteiger partial charge on any atom is 0.165 e. The lowest BCUT2D eigenvalue weighted by molar-refractivity contribution is 0.380. The summed E-state index contributed by atoms with van der Waals surface area (Å²) >= 11 is 0. The van der Waals surface area contributed by atoms with E-state index in [4.69, 9.17) is 0 Å². The van der Waals surface area contributed by atoms with Crippen LogP contribution in [0.1, 0.15) is 42.3 Å². The molecule has 5 nitrogen and oxygen atoms in total. The molecule has 1 saturated carbocycles. The van der Waals surface area contributed by atoms with Gasteiger partial charge in [0.15, 0.2) is 5.82 Å². The van der Waals surface area contributed by atoms with E-state index in [0.717, 1.165) is 31.6 Å². The maximum absolute atomic E-state index is 4.23. The number of tetrazole rings is 1. The average molecular weight is 269 g/mol. The van der Waals surface area contributed by atoms with Crippen molar-refractivity contribution in [2.45, 2.75) is 50.7 Å². The van der Waals surface area contributed by atoms with Gasteiger partial charge in [-0.25, -0.2) is 4.68 Å². The van der Waals surface area contributed by atoms with Gasteiger partial charge >= 0.3 is 0 Å². The van der Waals surface area contributed by atoms with Gasteiger partial charge in [-0.2, -0.15) is 0 Å². The Hall–Kier alpha value is -1.75. The number of aromatic nitrogens is 4. The summed E-state index contributed by atoms with van der Waals surface area (Å²) in [5.41, 5.74) is 2.93. The molecule has 1 unspecified atom stereocenters. The third-order valence-electron chi connectivity index (χ3n) is 4.35. The Morgan fingerprint density at radius 2 is 2.00 bits per heavy atom. The highest BCUT2D eigenvalue weighted by atomic mass is 15.6. The maximum atomic E-state index is 4.23. The Labute approximate surface area is 118 Å². The Balaban J connectivity index is 1.52. The van der Waals surface area contributed by atoms with Crippen molar-refractivity contribution >= 4 is 0 Å². The number of rotatable bonds is 4. The lowest BCUT2D eigenvalue weighted by Gasteiger charge is -2.25. The van der Waals surface area contributed by atoms with Crippen LogP contribution in [0.5, 0.6) is 0 Å². The van der Waals surface area contributed by atoms with Gasteiger partial charge in [-0.3, -0.25) is 0 Å². The zero-order chi connectivity index (χ0) is 13.4. The minimum Gasteiger partial charge on any atom is -0.307 e. The standard InChI is InChI=1S/C15H19N5/c1-2-4-12-9-14(8-5-11(12)3-1)20-15(17-18-19-20)10-16-13-6-7-13/h1-4,13-14,16H,5-10H2. The highest BCUT2D eigenvalue weighted by Gasteiger charge is 2.25. The molecule has 0 radical (unpaired) electrons. The number of benzene rings is 1. The van der Waals surface area contributed by atoms with Gasteiger partial charge in [-0.15, -0.1) is 5.10 Å². The Bertz CT molecular complexity index is 602. The van der Waals surface area contributed by atoms with Crippen LogP contribution in [0.2, 0.25) is 0 Å². The Kier molecular flexibility index (Phi) is 2.99. The van der Waals surface area contributed by atoms with Crippen LogP contribution in [0.4, 0.5) is 0 Å². The normalized spacial score (nSPS) is 21.7. The van der Waals surface area contributed by atoms with Crippen molar-refractivity contribution in [3.63, 3.8) is 0 Å². The fraction of sp³-hybridized carbons (Fsp3) is 0.533. The molecule has 20 heavy (non-hydrogen) atoms. The van der Waals surface area contributed by atoms with E-state index in [-0.39, 0.29) is 0 Å². The van der Waals surface area contributed by atoms with Crippen LogP contribution in [-0.2, 0) is 19.4 Å². The minimum atomic E-state index is 0.399. The molecular formula is C15H19N5. The average Bonchev–Trinajstić information content (AvgIpc) is 3.21. The van der Waals surface area contributed by atoms with Crippen LogP contribution in [0.15, 0.2) is 24.3 Å². The van der Waals surface area contributed by atoms with Crippen LogP contribution in [0.25, 0.3) is 0 Å². The topological polar surface area (TPSA) is 55.6 Å². The molecule has 2 aliphatic rings. The number of hydrogen-bond acceptors (Lipinski definition) is 4. The summed E-state index contributed by atoms with van der Waals surface area (Å²) in [5.74, 6) is 0.973. The highest BCUT2D eigenvalue weighted by Crippen LogP contribution is 2.28. The molecule has 2 aromatic rings. The molecule has 0 spiro atoms. The van der Waals surface area contributed by atoms with Gasteiger partial charge in [0, 0.05) is 6.04 Å². The summed E-state index contributed by atoms with van der Waals surface area (Å²) in [6.45, 7) is 0.788. The van der Waals surface area contributed by atoms with E-state index in [1.54, 1.807) is 0 Å². The predicted molar refractivity (Wildman–Crippen MR) is 75.2 cm³/mol. The third-order valence-corrected chi connectivity index (χ3v) is 4.35. The number of nitrogens with one attached hydrogen (secondary N) is 1. The van der Waals surface area contributed by atoms with Crippen molar-refractivity contribution < 1.29 is 0 Å². The van der Waals surface area contributed by atoms with Crippen molar-refractivity contribution in [1.82, 2.24) is 25.5 Å². The molecule has 1 fully saturated rings. The molecule has 1 aromatic carbocycles. The number of hydrogen-bond donors (Lipinski definition) is 1. The zero-order valence-corrected chi connectivity index (χ0v) is 11.5. The Morgan fingerprint density at radius 3 is 2.85 bits per heavy atom. The number of aryl methyl sites for hydroxylation is 1. The van der Waals surface area contributed by atoms with E-state index in [1.807, 2.05) is 4.68 Å². The van der Waals surface area contributed by atoms with Crippen LogP contribution in [0.3, 0.4) is 0 Å². The molecule has 0 amide bonds. The smallest absolute Gasteiger partial charge is 0.165 e. The molecule has 0 saturated heterocycles. The summed E-state index contributed by atoms with van der Waals surface area (Å²) in [5, 5.41) is 15.8. The minimum absolute atomic E-state index is 0.399. The largest absolute Gasteiger partial charge is 0.307 e. The monoisotopic (exact) mass is 269 g/mol. The molecule has 104 valence electrons. The molecule has 1 atom stereocenters. The highest BCUT2D eigenvalue weighted by molar-refractivity contribution is 5.30. The quantitative estimate of drug-likeness (QED) is 0.917. The molecule has 4 rings (SSSR count). The van der Waals surface area contributed by atoms with Crippen LogP contribution >= 0.6 is 0 Å². The summed E-state index contributed by atoms with van der Waals surface area (Å²) in [6, 6.07) is 9.80. The van der Waals surface area contributed by atoms with Gasteiger partial charge < -0.3 is 5.32 Å². The first-order valence-corrected chi connectivity index (χ1v) is 7.47. The second-order valence-electron chi connectivity index (χ2n) is 5.86. The van der Waals surface area contributed by atoms with Crippen LogP contribution in [-0.4, -0.2) is 26.2 Å². The molecule has 2 aliphatic carbocycles. The van der Waals surface area contributed by atoms with E-state index in [0.29, 0.717) is 12.1 Å². The summed E-state index contributed by atoms with van der Waals surface area (Å²) in [4.78, 5) is 0. The SMILES string of the molecule is c1ccc2c(c1)CCC(n1nnnc1CNC1CC1)C2. The molecule has 5 heteroatoms. The number of nitrogens with zero attached hydrogens (tertiary/aromatic N) is 4. The lowest BCUT2D eigenvalue weighted by Crippen LogP contribution is -2.25. The summed E-state index contributed by atoms with van der Waals surface area (Å²) < 4.78 is 2.03. The van der Waals surface area contributed by atoms with E-state index in [9.17, 15) is 0 Å². The van der Waals surface area contributed by atoms with Crippen molar-refractivity contribution in [1.29, 1.82) is 0 Å². The first-order chi connectivity index (χ1) is 9.90. The predicted octanol–water partition coefficient (Wildman–Crippen LogP) is 1.66. The number of fused-ring (bicyclic) bond motifs is 1. The van der Waals surface area contributed by atoms with E-state index < -0.39 is 0 Å². The van der Waals surface area contributed by atoms with Crippen molar-refractivity contribution in [2.24, 2.45) is 0 Å². The van der Waals surface area contributed by atoms with Crippen LogP contribution < -0.4 is 5.32 Å². The van der Waals surface area contributed by atoms with E-state index in [2.05, 4.69) is 45.1 Å². The van der Waals surface area contributed by atoms with Gasteiger partial charge in [0.05, 0.1) is 12.6 Å². The first-order valence-electron chi connectivity index (χ1n) is 7.47. The third kappa shape index (κ3) is 2.33. The van der Waals surface area contributed by atoms with Gasteiger partial charge in [0.25, 0.3) is 0 Å². The van der Waals surface area contributed by atoms with Gasteiger partial charge in [0.1, 0.15) is 0 Å². The van der Waals surface area contributed by atoms with E-state index >= 15 is 0 Å². The molecule has 1 heterocycles. The van der Waals surface area contributed by atoms with Gasteiger partial charge in [-0.05, 0) is 53.7 Å². The molecule has 0 bridgehead atoms.